The van der Waals surface area contributed by atoms with Crippen LogP contribution in [0.1, 0.15) is 24.1 Å². The average molecular weight is 246 g/mol. The minimum Gasteiger partial charge on any atom is -0.354 e. The second-order valence-electron chi connectivity index (χ2n) is 4.47. The molecule has 0 amide bonds. The molecule has 0 aromatic carbocycles. The third-order valence-electron chi connectivity index (χ3n) is 2.76. The van der Waals surface area contributed by atoms with Crippen molar-refractivity contribution in [3.63, 3.8) is 0 Å². The second-order valence-corrected chi connectivity index (χ2v) is 5.89. The molecule has 1 aliphatic carbocycles. The van der Waals surface area contributed by atoms with E-state index in [4.69, 9.17) is 17.3 Å². The maximum Gasteiger partial charge on any atom is 0.186 e. The quantitative estimate of drug-likeness (QED) is 0.885. The molecule has 3 nitrogen and oxygen atoms in total. The van der Waals surface area contributed by atoms with E-state index in [1.54, 1.807) is 11.3 Å². The monoisotopic (exact) mass is 245 g/mol. The lowest BCUT2D eigenvalue weighted by atomic mass is 10.1. The average Bonchev–Trinajstić information content (AvgIpc) is 2.76. The van der Waals surface area contributed by atoms with Crippen LogP contribution in [0.3, 0.4) is 0 Å². The molecule has 2 rings (SSSR count). The topological polar surface area (TPSA) is 42.2 Å². The number of nitrogens with two attached hydrogens (primary N) is 1. The van der Waals surface area contributed by atoms with Gasteiger partial charge < -0.3 is 10.6 Å². The summed E-state index contributed by atoms with van der Waals surface area (Å²) in [6, 6.07) is 0. The van der Waals surface area contributed by atoms with Crippen LogP contribution in [-0.2, 0) is 6.42 Å². The van der Waals surface area contributed by atoms with E-state index in [9.17, 15) is 0 Å². The van der Waals surface area contributed by atoms with Crippen LogP contribution in [0.5, 0.6) is 0 Å². The number of rotatable bonds is 4. The Morgan fingerprint density at radius 2 is 2.20 bits per heavy atom. The van der Waals surface area contributed by atoms with Crippen LogP contribution in [0, 0.1) is 0 Å². The molecule has 0 aliphatic heterocycles. The summed E-state index contributed by atoms with van der Waals surface area (Å²) in [5.41, 5.74) is 6.14. The van der Waals surface area contributed by atoms with Gasteiger partial charge in [0, 0.05) is 24.5 Å². The Kier molecular flexibility index (Phi) is 2.92. The number of aryl methyl sites for hydroxylation is 1. The summed E-state index contributed by atoms with van der Waals surface area (Å²) in [5, 5.41) is 1.62. The van der Waals surface area contributed by atoms with E-state index in [1.807, 2.05) is 19.0 Å². The molecule has 15 heavy (non-hydrogen) atoms. The zero-order valence-corrected chi connectivity index (χ0v) is 10.7. The molecule has 0 saturated heterocycles. The fourth-order valence-corrected chi connectivity index (χ4v) is 2.65. The molecule has 0 unspecified atom stereocenters. The molecule has 1 aromatic rings. The second kappa shape index (κ2) is 3.92. The number of hydrogen-bond donors (Lipinski definition) is 1. The molecule has 1 aliphatic rings. The van der Waals surface area contributed by atoms with Gasteiger partial charge in [-0.15, -0.1) is 11.3 Å². The van der Waals surface area contributed by atoms with E-state index < -0.39 is 0 Å². The van der Waals surface area contributed by atoms with Crippen molar-refractivity contribution in [2.24, 2.45) is 5.73 Å². The third-order valence-corrected chi connectivity index (χ3v) is 4.47. The van der Waals surface area contributed by atoms with Crippen molar-refractivity contribution in [2.45, 2.75) is 31.2 Å². The SMILES string of the molecule is CN(C)c1nc(Cl)c(CCC2(N)CC2)s1. The molecule has 1 fully saturated rings. The number of thiazole rings is 1. The fourth-order valence-electron chi connectivity index (χ4n) is 1.44. The lowest BCUT2D eigenvalue weighted by Crippen LogP contribution is -2.21. The molecule has 1 aromatic heterocycles. The lowest BCUT2D eigenvalue weighted by Gasteiger charge is -2.06. The Labute approximate surface area is 99.2 Å². The Morgan fingerprint density at radius 1 is 1.53 bits per heavy atom. The molecule has 0 atom stereocenters. The Balaban J connectivity index is 2.01. The molecular weight excluding hydrogens is 230 g/mol. The minimum atomic E-state index is 0.103. The highest BCUT2D eigenvalue weighted by molar-refractivity contribution is 7.16. The van der Waals surface area contributed by atoms with Gasteiger partial charge in [0.1, 0.15) is 5.15 Å². The molecule has 84 valence electrons. The van der Waals surface area contributed by atoms with Gasteiger partial charge in [0.2, 0.25) is 0 Å². The van der Waals surface area contributed by atoms with Gasteiger partial charge in [-0.2, -0.15) is 0 Å². The first kappa shape index (κ1) is 11.2. The normalized spacial score (nSPS) is 17.9. The first-order chi connectivity index (χ1) is 7.00. The van der Waals surface area contributed by atoms with Crippen molar-refractivity contribution >= 4 is 28.1 Å². The van der Waals surface area contributed by atoms with Crippen molar-refractivity contribution in [1.29, 1.82) is 0 Å². The van der Waals surface area contributed by atoms with Crippen LogP contribution in [0.2, 0.25) is 5.15 Å². The first-order valence-electron chi connectivity index (χ1n) is 5.12. The van der Waals surface area contributed by atoms with Crippen molar-refractivity contribution in [2.75, 3.05) is 19.0 Å². The molecule has 5 heteroatoms. The Hall–Kier alpha value is -0.320. The van der Waals surface area contributed by atoms with Crippen LogP contribution in [0.15, 0.2) is 0 Å². The van der Waals surface area contributed by atoms with Crippen molar-refractivity contribution in [3.8, 4) is 0 Å². The van der Waals surface area contributed by atoms with Gasteiger partial charge in [-0.05, 0) is 25.7 Å². The van der Waals surface area contributed by atoms with E-state index in [-0.39, 0.29) is 5.54 Å². The highest BCUT2D eigenvalue weighted by atomic mass is 35.5. The smallest absolute Gasteiger partial charge is 0.186 e. The van der Waals surface area contributed by atoms with Gasteiger partial charge in [-0.1, -0.05) is 11.6 Å². The fraction of sp³-hybridized carbons (Fsp3) is 0.700. The summed E-state index contributed by atoms with van der Waals surface area (Å²) in [6.45, 7) is 0. The van der Waals surface area contributed by atoms with Crippen LogP contribution < -0.4 is 10.6 Å². The predicted molar refractivity (Wildman–Crippen MR) is 65.9 cm³/mol. The molecule has 0 spiro atoms. The van der Waals surface area contributed by atoms with Crippen LogP contribution in [-0.4, -0.2) is 24.6 Å². The van der Waals surface area contributed by atoms with Gasteiger partial charge in [0.15, 0.2) is 5.13 Å². The molecule has 0 radical (unpaired) electrons. The maximum absolute atomic E-state index is 6.07. The van der Waals surface area contributed by atoms with Gasteiger partial charge in [0.05, 0.1) is 0 Å². The van der Waals surface area contributed by atoms with Crippen molar-refractivity contribution < 1.29 is 0 Å². The van der Waals surface area contributed by atoms with E-state index in [2.05, 4.69) is 4.98 Å². The summed E-state index contributed by atoms with van der Waals surface area (Å²) >= 11 is 7.73. The number of hydrogen-bond acceptors (Lipinski definition) is 4. The molecule has 1 saturated carbocycles. The van der Waals surface area contributed by atoms with Gasteiger partial charge in [-0.25, -0.2) is 4.98 Å². The van der Waals surface area contributed by atoms with E-state index in [1.165, 1.54) is 0 Å². The van der Waals surface area contributed by atoms with E-state index >= 15 is 0 Å². The molecule has 2 N–H and O–H groups in total. The first-order valence-corrected chi connectivity index (χ1v) is 6.31. The van der Waals surface area contributed by atoms with Crippen molar-refractivity contribution in [1.82, 2.24) is 4.98 Å². The number of aromatic nitrogens is 1. The van der Waals surface area contributed by atoms with Gasteiger partial charge in [-0.3, -0.25) is 0 Å². The summed E-state index contributed by atoms with van der Waals surface area (Å²) < 4.78 is 0. The standard InChI is InChI=1S/C10H16ClN3S/c1-14(2)9-13-8(11)7(15-9)3-4-10(12)5-6-10/h3-6,12H2,1-2H3. The van der Waals surface area contributed by atoms with Crippen LogP contribution in [0.25, 0.3) is 0 Å². The molecule has 0 bridgehead atoms. The lowest BCUT2D eigenvalue weighted by molar-refractivity contribution is 0.612. The maximum atomic E-state index is 6.07. The highest BCUT2D eigenvalue weighted by Crippen LogP contribution is 2.38. The largest absolute Gasteiger partial charge is 0.354 e. The minimum absolute atomic E-state index is 0.103. The van der Waals surface area contributed by atoms with Gasteiger partial charge in [0.25, 0.3) is 0 Å². The summed E-state index contributed by atoms with van der Waals surface area (Å²) in [6.07, 6.45) is 4.30. The summed E-state index contributed by atoms with van der Waals surface area (Å²) in [5.74, 6) is 0. The Bertz CT molecular complexity index is 358. The van der Waals surface area contributed by atoms with Crippen LogP contribution in [0.4, 0.5) is 5.13 Å². The Morgan fingerprint density at radius 3 is 2.67 bits per heavy atom. The van der Waals surface area contributed by atoms with Gasteiger partial charge >= 0.3 is 0 Å². The number of nitrogens with zero attached hydrogens (tertiary/aromatic N) is 2. The third kappa shape index (κ3) is 2.62. The zero-order valence-electron chi connectivity index (χ0n) is 9.09. The summed E-state index contributed by atoms with van der Waals surface area (Å²) in [4.78, 5) is 7.45. The van der Waals surface area contributed by atoms with Crippen molar-refractivity contribution in [3.05, 3.63) is 10.0 Å². The predicted octanol–water partition coefficient (Wildman–Crippen LogP) is 2.29. The molecular formula is C10H16ClN3S. The highest BCUT2D eigenvalue weighted by Gasteiger charge is 2.37. The van der Waals surface area contributed by atoms with E-state index in [0.29, 0.717) is 5.15 Å². The zero-order chi connectivity index (χ0) is 11.1. The number of anilines is 1. The van der Waals surface area contributed by atoms with Crippen LogP contribution >= 0.6 is 22.9 Å². The molecule has 1 heterocycles. The number of halogens is 1. The van der Waals surface area contributed by atoms with E-state index in [0.717, 1.165) is 35.7 Å². The summed E-state index contributed by atoms with van der Waals surface area (Å²) in [7, 11) is 3.95.